The fraction of sp³-hybridized carbons (Fsp3) is 0.833. The summed E-state index contributed by atoms with van der Waals surface area (Å²) in [6.45, 7) is 8.20. The van der Waals surface area contributed by atoms with Gasteiger partial charge in [-0.25, -0.2) is 4.79 Å². The molecule has 0 aromatic carbocycles. The summed E-state index contributed by atoms with van der Waals surface area (Å²) in [7, 11) is 3.35. The molecule has 6 nitrogen and oxygen atoms in total. The van der Waals surface area contributed by atoms with Gasteiger partial charge in [-0.1, -0.05) is 0 Å². The second-order valence-electron chi connectivity index (χ2n) is 5.34. The summed E-state index contributed by atoms with van der Waals surface area (Å²) in [4.78, 5) is 24.3. The summed E-state index contributed by atoms with van der Waals surface area (Å²) in [5.74, 6) is -0.290. The van der Waals surface area contributed by atoms with Crippen LogP contribution in [0.1, 0.15) is 27.7 Å². The minimum Gasteiger partial charge on any atom is -0.459 e. The number of hydrogen-bond acceptors (Lipinski definition) is 4. The van der Waals surface area contributed by atoms with Crippen LogP contribution in [-0.4, -0.2) is 55.7 Å². The first-order chi connectivity index (χ1) is 8.13. The van der Waals surface area contributed by atoms with E-state index in [9.17, 15) is 9.59 Å². The highest BCUT2D eigenvalue weighted by atomic mass is 16.6. The molecule has 0 radical (unpaired) electrons. The van der Waals surface area contributed by atoms with Crippen molar-refractivity contribution in [3.63, 3.8) is 0 Å². The Balaban J connectivity index is 3.81. The summed E-state index contributed by atoms with van der Waals surface area (Å²) in [6, 6.07) is -0.540. The van der Waals surface area contributed by atoms with Gasteiger partial charge in [0.2, 0.25) is 0 Å². The second-order valence-corrected chi connectivity index (χ2v) is 5.34. The molecule has 0 aliphatic heterocycles. The van der Waals surface area contributed by atoms with E-state index >= 15 is 0 Å². The van der Waals surface area contributed by atoms with Gasteiger partial charge in [0.25, 0.3) is 0 Å². The molecule has 1 atom stereocenters. The summed E-state index contributed by atoms with van der Waals surface area (Å²) in [5, 5.41) is 5.69. The molecule has 1 unspecified atom stereocenters. The number of nitrogens with one attached hydrogen (secondary N) is 2. The van der Waals surface area contributed by atoms with Crippen molar-refractivity contribution in [3.8, 4) is 0 Å². The third-order valence-electron chi connectivity index (χ3n) is 2.02. The summed E-state index contributed by atoms with van der Waals surface area (Å²) in [5.41, 5.74) is -0.480. The van der Waals surface area contributed by atoms with Crippen LogP contribution in [-0.2, 0) is 9.53 Å². The lowest BCUT2D eigenvalue weighted by atomic mass is 10.2. The van der Waals surface area contributed by atoms with E-state index in [4.69, 9.17) is 4.74 Å². The topological polar surface area (TPSA) is 70.7 Å². The molecule has 2 amide bonds. The van der Waals surface area contributed by atoms with E-state index in [1.54, 1.807) is 21.0 Å². The minimum atomic E-state index is -0.480. The first-order valence-electron chi connectivity index (χ1n) is 6.05. The van der Waals surface area contributed by atoms with Gasteiger partial charge in [0.1, 0.15) is 11.6 Å². The molecule has 106 valence electrons. The summed E-state index contributed by atoms with van der Waals surface area (Å²) >= 11 is 0. The van der Waals surface area contributed by atoms with Crippen molar-refractivity contribution in [1.82, 2.24) is 15.5 Å². The van der Waals surface area contributed by atoms with E-state index in [1.807, 2.05) is 20.8 Å². The highest BCUT2D eigenvalue weighted by Gasteiger charge is 2.20. The quantitative estimate of drug-likeness (QED) is 0.559. The molecule has 0 aromatic heterocycles. The number of rotatable bonds is 5. The number of urea groups is 1. The Hall–Kier alpha value is -1.30. The molecule has 0 bridgehead atoms. The standard InChI is InChI=1S/C12H25N3O3/c1-9(10(16)18-12(2,3)4)13-7-8-14-11(17)15(5)6/h9,13H,7-8H2,1-6H3,(H,14,17). The predicted octanol–water partition coefficient (Wildman–Crippen LogP) is 0.577. The number of carbonyl (C=O) groups excluding carboxylic acids is 2. The van der Waals surface area contributed by atoms with Gasteiger partial charge in [-0.2, -0.15) is 0 Å². The van der Waals surface area contributed by atoms with Gasteiger partial charge in [0, 0.05) is 27.2 Å². The van der Waals surface area contributed by atoms with Gasteiger partial charge < -0.3 is 20.3 Å². The zero-order valence-electron chi connectivity index (χ0n) is 12.2. The van der Waals surface area contributed by atoms with Crippen LogP contribution in [0.4, 0.5) is 4.79 Å². The fourth-order valence-electron chi connectivity index (χ4n) is 1.09. The van der Waals surface area contributed by atoms with Gasteiger partial charge in [-0.05, 0) is 27.7 Å². The highest BCUT2D eigenvalue weighted by molar-refractivity contribution is 5.75. The third kappa shape index (κ3) is 7.89. The third-order valence-corrected chi connectivity index (χ3v) is 2.02. The van der Waals surface area contributed by atoms with Crippen LogP contribution in [0.15, 0.2) is 0 Å². The maximum atomic E-state index is 11.6. The number of hydrogen-bond donors (Lipinski definition) is 2. The average Bonchev–Trinajstić information content (AvgIpc) is 2.20. The van der Waals surface area contributed by atoms with Gasteiger partial charge in [0.05, 0.1) is 0 Å². The van der Waals surface area contributed by atoms with E-state index in [0.717, 1.165) is 0 Å². The van der Waals surface area contributed by atoms with Crippen molar-refractivity contribution in [2.24, 2.45) is 0 Å². The zero-order valence-corrected chi connectivity index (χ0v) is 12.2. The molecular formula is C12H25N3O3. The van der Waals surface area contributed by atoms with E-state index in [2.05, 4.69) is 10.6 Å². The molecule has 0 aliphatic rings. The smallest absolute Gasteiger partial charge is 0.323 e. The van der Waals surface area contributed by atoms with Gasteiger partial charge >= 0.3 is 12.0 Å². The average molecular weight is 259 g/mol. The zero-order chi connectivity index (χ0) is 14.3. The van der Waals surface area contributed by atoms with Crippen LogP contribution in [0, 0.1) is 0 Å². The van der Waals surface area contributed by atoms with Crippen LogP contribution in [0.25, 0.3) is 0 Å². The maximum absolute atomic E-state index is 11.6. The van der Waals surface area contributed by atoms with E-state index < -0.39 is 5.60 Å². The SMILES string of the molecule is CC(NCCNC(=O)N(C)C)C(=O)OC(C)(C)C. The van der Waals surface area contributed by atoms with Crippen LogP contribution in [0.2, 0.25) is 0 Å². The lowest BCUT2D eigenvalue weighted by molar-refractivity contribution is -0.156. The maximum Gasteiger partial charge on any atom is 0.323 e. The van der Waals surface area contributed by atoms with E-state index in [0.29, 0.717) is 13.1 Å². The Morgan fingerprint density at radius 1 is 1.22 bits per heavy atom. The van der Waals surface area contributed by atoms with Crippen molar-refractivity contribution in [2.45, 2.75) is 39.3 Å². The normalized spacial score (nSPS) is 12.8. The number of ether oxygens (including phenoxy) is 1. The molecule has 0 saturated heterocycles. The Bertz CT molecular complexity index is 285. The molecule has 0 spiro atoms. The largest absolute Gasteiger partial charge is 0.459 e. The molecular weight excluding hydrogens is 234 g/mol. The van der Waals surface area contributed by atoms with Crippen LogP contribution < -0.4 is 10.6 Å². The second kappa shape index (κ2) is 7.20. The molecule has 0 rings (SSSR count). The molecule has 0 aromatic rings. The Kier molecular flexibility index (Phi) is 6.68. The molecule has 2 N–H and O–H groups in total. The van der Waals surface area contributed by atoms with Crippen molar-refractivity contribution < 1.29 is 14.3 Å². The van der Waals surface area contributed by atoms with Crippen LogP contribution in [0.5, 0.6) is 0 Å². The monoisotopic (exact) mass is 259 g/mol. The molecule has 0 saturated carbocycles. The summed E-state index contributed by atoms with van der Waals surface area (Å²) < 4.78 is 5.22. The van der Waals surface area contributed by atoms with Gasteiger partial charge in [-0.15, -0.1) is 0 Å². The van der Waals surface area contributed by atoms with Crippen molar-refractivity contribution in [3.05, 3.63) is 0 Å². The van der Waals surface area contributed by atoms with E-state index in [-0.39, 0.29) is 18.0 Å². The Morgan fingerprint density at radius 3 is 2.22 bits per heavy atom. The fourth-order valence-corrected chi connectivity index (χ4v) is 1.09. The number of esters is 1. The number of amides is 2. The molecule has 6 heteroatoms. The number of nitrogens with zero attached hydrogens (tertiary/aromatic N) is 1. The Labute approximate surface area is 109 Å². The lowest BCUT2D eigenvalue weighted by Crippen LogP contribution is -2.44. The molecule has 0 heterocycles. The molecule has 18 heavy (non-hydrogen) atoms. The minimum absolute atomic E-state index is 0.151. The van der Waals surface area contributed by atoms with Crippen LogP contribution >= 0.6 is 0 Å². The highest BCUT2D eigenvalue weighted by Crippen LogP contribution is 2.07. The van der Waals surface area contributed by atoms with Gasteiger partial charge in [0.15, 0.2) is 0 Å². The van der Waals surface area contributed by atoms with Gasteiger partial charge in [-0.3, -0.25) is 4.79 Å². The Morgan fingerprint density at radius 2 is 1.78 bits per heavy atom. The van der Waals surface area contributed by atoms with Crippen molar-refractivity contribution in [1.29, 1.82) is 0 Å². The van der Waals surface area contributed by atoms with Crippen LogP contribution in [0.3, 0.4) is 0 Å². The van der Waals surface area contributed by atoms with Crippen molar-refractivity contribution >= 4 is 12.0 Å². The molecule has 0 aliphatic carbocycles. The summed E-state index contributed by atoms with van der Waals surface area (Å²) in [6.07, 6.45) is 0. The first kappa shape index (κ1) is 16.7. The van der Waals surface area contributed by atoms with E-state index in [1.165, 1.54) is 4.90 Å². The first-order valence-corrected chi connectivity index (χ1v) is 6.05. The lowest BCUT2D eigenvalue weighted by Gasteiger charge is -2.22. The number of carbonyl (C=O) groups is 2. The predicted molar refractivity (Wildman–Crippen MR) is 70.4 cm³/mol. The molecule has 0 fully saturated rings. The van der Waals surface area contributed by atoms with Crippen molar-refractivity contribution in [2.75, 3.05) is 27.2 Å².